The molecule has 0 atom stereocenters. The van der Waals surface area contributed by atoms with E-state index in [1.165, 1.54) is 13.1 Å². The highest BCUT2D eigenvalue weighted by atomic mass is 79.9. The van der Waals surface area contributed by atoms with E-state index in [-0.39, 0.29) is 22.7 Å². The van der Waals surface area contributed by atoms with Crippen molar-refractivity contribution in [3.8, 4) is 11.6 Å². The molecule has 1 aromatic carbocycles. The molecule has 25 heavy (non-hydrogen) atoms. The normalized spacial score (nSPS) is 15.8. The van der Waals surface area contributed by atoms with Crippen molar-refractivity contribution in [1.82, 2.24) is 19.9 Å². The van der Waals surface area contributed by atoms with Gasteiger partial charge >= 0.3 is 0 Å². The fourth-order valence-corrected chi connectivity index (χ4v) is 4.11. The summed E-state index contributed by atoms with van der Waals surface area (Å²) in [6.45, 7) is 2.05. The molecule has 0 radical (unpaired) electrons. The van der Waals surface area contributed by atoms with Crippen LogP contribution in [-0.2, 0) is 12.5 Å². The lowest BCUT2D eigenvalue weighted by atomic mass is 9.91. The minimum atomic E-state index is -2.61. The fourth-order valence-electron chi connectivity index (χ4n) is 3.26. The first-order valence-corrected chi connectivity index (χ1v) is 8.64. The van der Waals surface area contributed by atoms with Crippen molar-refractivity contribution in [2.24, 2.45) is 7.05 Å². The van der Waals surface area contributed by atoms with Crippen molar-refractivity contribution in [2.45, 2.75) is 31.6 Å². The average molecular weight is 409 g/mol. The Bertz CT molecular complexity index is 926. The molecule has 0 amide bonds. The molecule has 0 unspecified atom stereocenters. The number of aryl methyl sites for hydroxylation is 2. The van der Waals surface area contributed by atoms with E-state index in [1.54, 1.807) is 0 Å². The van der Waals surface area contributed by atoms with Crippen molar-refractivity contribution in [3.63, 3.8) is 0 Å². The minimum absolute atomic E-state index is 0.161. The Morgan fingerprint density at radius 3 is 2.68 bits per heavy atom. The van der Waals surface area contributed by atoms with Crippen molar-refractivity contribution >= 4 is 15.9 Å². The third kappa shape index (κ3) is 2.59. The van der Waals surface area contributed by atoms with Gasteiger partial charge in [-0.05, 0) is 43.0 Å². The summed E-state index contributed by atoms with van der Waals surface area (Å²) in [7, 11) is 1.47. The lowest BCUT2D eigenvalue weighted by molar-refractivity contribution is 0.141. The summed E-state index contributed by atoms with van der Waals surface area (Å²) in [5.41, 5.74) is 2.09. The third-order valence-corrected chi connectivity index (χ3v) is 5.32. The molecule has 0 N–H and O–H groups in total. The quantitative estimate of drug-likeness (QED) is 0.634. The summed E-state index contributed by atoms with van der Waals surface area (Å²) in [5, 5.41) is 8.18. The Hall–Kier alpha value is -2.09. The van der Waals surface area contributed by atoms with Crippen molar-refractivity contribution < 1.29 is 13.3 Å². The minimum Gasteiger partial charge on any atom is -0.332 e. The number of benzene rings is 1. The van der Waals surface area contributed by atoms with Crippen LogP contribution >= 0.6 is 15.9 Å². The smallest absolute Gasteiger partial charge is 0.280 e. The number of rotatable bonds is 4. The predicted molar refractivity (Wildman–Crippen MR) is 90.4 cm³/mol. The highest BCUT2D eigenvalue weighted by Gasteiger charge is 2.51. The molecular weight excluding hydrogens is 394 g/mol. The molecule has 8 heteroatoms. The molecule has 0 saturated heterocycles. The molecule has 5 nitrogen and oxygen atoms in total. The molecule has 0 bridgehead atoms. The van der Waals surface area contributed by atoms with Crippen LogP contribution in [0.25, 0.3) is 11.6 Å². The topological polar surface area (TPSA) is 56.7 Å². The monoisotopic (exact) mass is 408 g/mol. The van der Waals surface area contributed by atoms with Gasteiger partial charge in [0.25, 0.3) is 12.3 Å². The van der Waals surface area contributed by atoms with Gasteiger partial charge in [-0.2, -0.15) is 10.1 Å². The van der Waals surface area contributed by atoms with Crippen LogP contribution in [-0.4, -0.2) is 19.9 Å². The largest absolute Gasteiger partial charge is 0.332 e. The molecule has 1 fully saturated rings. The summed E-state index contributed by atoms with van der Waals surface area (Å²) >= 11 is 3.62. The molecule has 3 aromatic rings. The number of alkyl halides is 2. The maximum atomic E-state index is 12.9. The second kappa shape index (κ2) is 5.72. The number of hydrogen-bond acceptors (Lipinski definition) is 4. The number of nitrogens with zero attached hydrogens (tertiary/aromatic N) is 4. The molecule has 2 heterocycles. The highest BCUT2D eigenvalue weighted by molar-refractivity contribution is 9.10. The lowest BCUT2D eigenvalue weighted by Crippen LogP contribution is -2.13. The first-order chi connectivity index (χ1) is 11.9. The molecular formula is C17H15BrF2N4O. The maximum Gasteiger partial charge on any atom is 0.280 e. The standard InChI is InChI=1S/C17H15BrF2N4O/c1-9-4-3-5-10(18)13(9)17(6-7-17)16-21-15(25-23-16)11-8-12(14(19)20)24(2)22-11/h3-5,8,14H,6-7H2,1-2H3. The summed E-state index contributed by atoms with van der Waals surface area (Å²) in [5.74, 6) is 0.732. The molecule has 1 saturated carbocycles. The van der Waals surface area contributed by atoms with Crippen molar-refractivity contribution in [2.75, 3.05) is 0 Å². The molecule has 1 aliphatic rings. The summed E-state index contributed by atoms with van der Waals surface area (Å²) in [6.07, 6.45) is -0.772. The van der Waals surface area contributed by atoms with Crippen LogP contribution in [0.15, 0.2) is 33.3 Å². The van der Waals surface area contributed by atoms with E-state index in [4.69, 9.17) is 4.52 Å². The van der Waals surface area contributed by atoms with Crippen LogP contribution in [0.4, 0.5) is 8.78 Å². The highest BCUT2D eigenvalue weighted by Crippen LogP contribution is 2.55. The Labute approximate surface area is 151 Å². The predicted octanol–water partition coefficient (Wildman–Crippen LogP) is 4.56. The van der Waals surface area contributed by atoms with Crippen molar-refractivity contribution in [1.29, 1.82) is 0 Å². The van der Waals surface area contributed by atoms with Gasteiger partial charge in [0.05, 0.1) is 5.41 Å². The Morgan fingerprint density at radius 2 is 2.08 bits per heavy atom. The van der Waals surface area contributed by atoms with Gasteiger partial charge in [0.15, 0.2) is 11.5 Å². The summed E-state index contributed by atoms with van der Waals surface area (Å²) < 4.78 is 33.3. The Balaban J connectivity index is 1.74. The summed E-state index contributed by atoms with van der Waals surface area (Å²) in [4.78, 5) is 4.47. The molecule has 1 aliphatic carbocycles. The number of aromatic nitrogens is 4. The van der Waals surface area contributed by atoms with E-state index >= 15 is 0 Å². The van der Waals surface area contributed by atoms with E-state index in [0.29, 0.717) is 5.82 Å². The van der Waals surface area contributed by atoms with Crippen LogP contribution in [0.3, 0.4) is 0 Å². The van der Waals surface area contributed by atoms with Crippen LogP contribution in [0.2, 0.25) is 0 Å². The van der Waals surface area contributed by atoms with Crippen LogP contribution < -0.4 is 0 Å². The molecule has 0 spiro atoms. The van der Waals surface area contributed by atoms with Crippen LogP contribution in [0, 0.1) is 6.92 Å². The molecule has 4 rings (SSSR count). The Morgan fingerprint density at radius 1 is 1.32 bits per heavy atom. The average Bonchev–Trinajstić information content (AvgIpc) is 3.02. The van der Waals surface area contributed by atoms with E-state index in [1.807, 2.05) is 12.1 Å². The first-order valence-electron chi connectivity index (χ1n) is 7.84. The second-order valence-corrected chi connectivity index (χ2v) is 7.17. The second-order valence-electron chi connectivity index (χ2n) is 6.32. The van der Waals surface area contributed by atoms with Crippen molar-refractivity contribution in [3.05, 3.63) is 51.4 Å². The zero-order valence-electron chi connectivity index (χ0n) is 13.6. The lowest BCUT2D eigenvalue weighted by Gasteiger charge is -2.16. The Kier molecular flexibility index (Phi) is 3.75. The van der Waals surface area contributed by atoms with Gasteiger partial charge in [-0.1, -0.05) is 33.2 Å². The van der Waals surface area contributed by atoms with Crippen LogP contribution in [0.5, 0.6) is 0 Å². The van der Waals surface area contributed by atoms with Gasteiger partial charge in [0.1, 0.15) is 5.69 Å². The number of hydrogen-bond donors (Lipinski definition) is 0. The van der Waals surface area contributed by atoms with Gasteiger partial charge in [0.2, 0.25) is 0 Å². The van der Waals surface area contributed by atoms with Gasteiger partial charge in [-0.25, -0.2) is 8.78 Å². The molecule has 2 aromatic heterocycles. The first kappa shape index (κ1) is 16.4. The SMILES string of the molecule is Cc1cccc(Br)c1C1(c2noc(-c3cc(C(F)F)n(C)n3)n2)CC1. The number of halogens is 3. The van der Waals surface area contributed by atoms with Gasteiger partial charge in [-0.15, -0.1) is 0 Å². The maximum absolute atomic E-state index is 12.9. The van der Waals surface area contributed by atoms with E-state index in [9.17, 15) is 8.78 Å². The third-order valence-electron chi connectivity index (χ3n) is 4.66. The zero-order chi connectivity index (χ0) is 17.8. The van der Waals surface area contributed by atoms with Gasteiger partial charge in [0, 0.05) is 11.5 Å². The zero-order valence-corrected chi connectivity index (χ0v) is 15.2. The van der Waals surface area contributed by atoms with E-state index in [2.05, 4.69) is 44.2 Å². The molecule has 0 aliphatic heterocycles. The van der Waals surface area contributed by atoms with Gasteiger partial charge < -0.3 is 4.52 Å². The van der Waals surface area contributed by atoms with Crippen LogP contribution in [0.1, 0.15) is 41.9 Å². The van der Waals surface area contributed by atoms with E-state index < -0.39 is 6.43 Å². The van der Waals surface area contributed by atoms with E-state index in [0.717, 1.165) is 33.1 Å². The molecule has 130 valence electrons. The fraction of sp³-hybridized carbons (Fsp3) is 0.353. The summed E-state index contributed by atoms with van der Waals surface area (Å²) in [6, 6.07) is 7.32. The van der Waals surface area contributed by atoms with Gasteiger partial charge in [-0.3, -0.25) is 4.68 Å².